The van der Waals surface area contributed by atoms with Gasteiger partial charge >= 0.3 is 5.97 Å². The molecule has 0 saturated heterocycles. The maximum atomic E-state index is 11.8. The Morgan fingerprint density at radius 2 is 2.18 bits per heavy atom. The largest absolute Gasteiger partial charge is 0.481 e. The summed E-state index contributed by atoms with van der Waals surface area (Å²) in [5.74, 6) is -1.26. The first-order valence-corrected chi connectivity index (χ1v) is 6.57. The first-order valence-electron chi connectivity index (χ1n) is 5.69. The number of aliphatic carboxylic acids is 1. The van der Waals surface area contributed by atoms with Crippen LogP contribution in [0.25, 0.3) is 0 Å². The fourth-order valence-corrected chi connectivity index (χ4v) is 2.82. The van der Waals surface area contributed by atoms with Gasteiger partial charge in [-0.25, -0.2) is 0 Å². The molecule has 1 aromatic heterocycles. The van der Waals surface area contributed by atoms with Crippen molar-refractivity contribution < 1.29 is 14.7 Å². The first kappa shape index (κ1) is 12.1. The number of nitrogens with one attached hydrogen (secondary N) is 1. The monoisotopic (exact) mass is 253 g/mol. The number of carboxylic acids is 1. The Balaban J connectivity index is 1.79. The molecule has 2 atom stereocenters. The van der Waals surface area contributed by atoms with Crippen molar-refractivity contribution in [1.29, 1.82) is 0 Å². The summed E-state index contributed by atoms with van der Waals surface area (Å²) in [7, 11) is 0. The molecule has 1 aliphatic carbocycles. The van der Waals surface area contributed by atoms with Crippen molar-refractivity contribution in [3.8, 4) is 0 Å². The fraction of sp³-hybridized carbons (Fsp3) is 0.500. The lowest BCUT2D eigenvalue weighted by Gasteiger charge is -2.09. The van der Waals surface area contributed by atoms with Crippen LogP contribution in [-0.4, -0.2) is 17.0 Å². The van der Waals surface area contributed by atoms with E-state index in [-0.39, 0.29) is 17.7 Å². The van der Waals surface area contributed by atoms with Gasteiger partial charge in [-0.3, -0.25) is 9.59 Å². The summed E-state index contributed by atoms with van der Waals surface area (Å²) in [6, 6.07) is 3.92. The van der Waals surface area contributed by atoms with E-state index in [4.69, 9.17) is 5.11 Å². The summed E-state index contributed by atoms with van der Waals surface area (Å²) in [6.07, 6.45) is 1.78. The Morgan fingerprint density at radius 1 is 1.41 bits per heavy atom. The summed E-state index contributed by atoms with van der Waals surface area (Å²) < 4.78 is 0. The molecule has 2 rings (SSSR count). The van der Waals surface area contributed by atoms with E-state index in [1.165, 1.54) is 0 Å². The molecule has 1 heterocycles. The van der Waals surface area contributed by atoms with E-state index in [9.17, 15) is 9.59 Å². The number of thiophene rings is 1. The van der Waals surface area contributed by atoms with Gasteiger partial charge in [-0.1, -0.05) is 6.07 Å². The lowest BCUT2D eigenvalue weighted by atomic mass is 10.0. The molecule has 1 amide bonds. The fourth-order valence-electron chi connectivity index (χ4n) is 2.18. The molecule has 0 radical (unpaired) electrons. The smallest absolute Gasteiger partial charge is 0.306 e. The molecule has 17 heavy (non-hydrogen) atoms. The molecule has 1 saturated carbocycles. The van der Waals surface area contributed by atoms with Crippen LogP contribution in [0.2, 0.25) is 0 Å². The first-order chi connectivity index (χ1) is 8.16. The average Bonchev–Trinajstić information content (AvgIpc) is 2.96. The van der Waals surface area contributed by atoms with Crippen LogP contribution in [0.15, 0.2) is 17.5 Å². The SMILES string of the molecule is O=C(O)[C@@H]1CC[C@H](C(=O)NCc2cccs2)C1. The Hall–Kier alpha value is -1.36. The maximum Gasteiger partial charge on any atom is 0.306 e. The third-order valence-corrected chi connectivity index (χ3v) is 4.05. The molecule has 0 bridgehead atoms. The van der Waals surface area contributed by atoms with Gasteiger partial charge in [-0.05, 0) is 30.7 Å². The molecular formula is C12H15NO3S. The molecule has 1 aromatic rings. The van der Waals surface area contributed by atoms with Crippen LogP contribution >= 0.6 is 11.3 Å². The van der Waals surface area contributed by atoms with Crippen molar-refractivity contribution in [1.82, 2.24) is 5.32 Å². The van der Waals surface area contributed by atoms with Gasteiger partial charge in [0.2, 0.25) is 5.91 Å². The highest BCUT2D eigenvalue weighted by Gasteiger charge is 2.33. The van der Waals surface area contributed by atoms with Crippen molar-refractivity contribution in [2.45, 2.75) is 25.8 Å². The summed E-state index contributed by atoms with van der Waals surface area (Å²) in [5, 5.41) is 13.7. The highest BCUT2D eigenvalue weighted by atomic mass is 32.1. The van der Waals surface area contributed by atoms with Crippen LogP contribution in [0, 0.1) is 11.8 Å². The molecular weight excluding hydrogens is 238 g/mol. The standard InChI is InChI=1S/C12H15NO3S/c14-11(13-7-10-2-1-5-17-10)8-3-4-9(6-8)12(15)16/h1-2,5,8-9H,3-4,6-7H2,(H,13,14)(H,15,16)/t8-,9+/m0/s1. The molecule has 0 aromatic carbocycles. The Kier molecular flexibility index (Phi) is 3.78. The van der Waals surface area contributed by atoms with Crippen molar-refractivity contribution in [2.24, 2.45) is 11.8 Å². The van der Waals surface area contributed by atoms with E-state index in [0.29, 0.717) is 25.8 Å². The Bertz CT molecular complexity index is 402. The predicted molar refractivity (Wildman–Crippen MR) is 64.6 cm³/mol. The zero-order valence-electron chi connectivity index (χ0n) is 9.39. The van der Waals surface area contributed by atoms with E-state index >= 15 is 0 Å². The number of carbonyl (C=O) groups excluding carboxylic acids is 1. The minimum absolute atomic E-state index is 0.0119. The van der Waals surface area contributed by atoms with E-state index in [1.54, 1.807) is 11.3 Å². The molecule has 2 N–H and O–H groups in total. The molecule has 1 fully saturated rings. The molecule has 5 heteroatoms. The lowest BCUT2D eigenvalue weighted by Crippen LogP contribution is -2.29. The zero-order chi connectivity index (χ0) is 12.3. The van der Waals surface area contributed by atoms with Gasteiger partial charge in [-0.2, -0.15) is 0 Å². The predicted octanol–water partition coefficient (Wildman–Crippen LogP) is 1.87. The van der Waals surface area contributed by atoms with E-state index in [2.05, 4.69) is 5.32 Å². The van der Waals surface area contributed by atoms with Crippen molar-refractivity contribution in [3.05, 3.63) is 22.4 Å². The van der Waals surface area contributed by atoms with Crippen molar-refractivity contribution >= 4 is 23.2 Å². The van der Waals surface area contributed by atoms with Crippen LogP contribution in [0.3, 0.4) is 0 Å². The van der Waals surface area contributed by atoms with Gasteiger partial charge in [0, 0.05) is 10.8 Å². The Morgan fingerprint density at radius 3 is 2.76 bits per heavy atom. The molecule has 92 valence electrons. The molecule has 0 unspecified atom stereocenters. The van der Waals surface area contributed by atoms with E-state index in [1.807, 2.05) is 17.5 Å². The van der Waals surface area contributed by atoms with E-state index < -0.39 is 5.97 Å². The Labute approximate surface area is 104 Å². The van der Waals surface area contributed by atoms with Crippen LogP contribution in [0.5, 0.6) is 0 Å². The van der Waals surface area contributed by atoms with Gasteiger partial charge in [0.25, 0.3) is 0 Å². The topological polar surface area (TPSA) is 66.4 Å². The van der Waals surface area contributed by atoms with Crippen LogP contribution in [0.4, 0.5) is 0 Å². The van der Waals surface area contributed by atoms with Gasteiger partial charge in [0.15, 0.2) is 0 Å². The van der Waals surface area contributed by atoms with Gasteiger partial charge < -0.3 is 10.4 Å². The molecule has 4 nitrogen and oxygen atoms in total. The number of carbonyl (C=O) groups is 2. The maximum absolute atomic E-state index is 11.8. The minimum atomic E-state index is -0.779. The van der Waals surface area contributed by atoms with Gasteiger partial charge in [-0.15, -0.1) is 11.3 Å². The average molecular weight is 253 g/mol. The summed E-state index contributed by atoms with van der Waals surface area (Å²) in [6.45, 7) is 0.546. The second-order valence-electron chi connectivity index (χ2n) is 4.34. The number of hydrogen-bond donors (Lipinski definition) is 2. The summed E-state index contributed by atoms with van der Waals surface area (Å²) in [4.78, 5) is 23.7. The highest BCUT2D eigenvalue weighted by Crippen LogP contribution is 2.31. The van der Waals surface area contributed by atoms with Gasteiger partial charge in [0.1, 0.15) is 0 Å². The molecule has 0 spiro atoms. The van der Waals surface area contributed by atoms with E-state index in [0.717, 1.165) is 4.88 Å². The third-order valence-electron chi connectivity index (χ3n) is 3.17. The second-order valence-corrected chi connectivity index (χ2v) is 5.37. The number of hydrogen-bond acceptors (Lipinski definition) is 3. The van der Waals surface area contributed by atoms with Crippen molar-refractivity contribution in [2.75, 3.05) is 0 Å². The normalized spacial score (nSPS) is 23.5. The number of amides is 1. The number of carboxylic acid groups (broad SMARTS) is 1. The summed E-state index contributed by atoms with van der Waals surface area (Å²) in [5.41, 5.74) is 0. The quantitative estimate of drug-likeness (QED) is 0.860. The zero-order valence-corrected chi connectivity index (χ0v) is 10.2. The molecule has 0 aliphatic heterocycles. The van der Waals surface area contributed by atoms with Crippen LogP contribution < -0.4 is 5.32 Å². The molecule has 1 aliphatic rings. The van der Waals surface area contributed by atoms with Crippen LogP contribution in [-0.2, 0) is 16.1 Å². The third kappa shape index (κ3) is 3.06. The lowest BCUT2D eigenvalue weighted by molar-refractivity contribution is -0.141. The highest BCUT2D eigenvalue weighted by molar-refractivity contribution is 7.09. The van der Waals surface area contributed by atoms with Gasteiger partial charge in [0.05, 0.1) is 12.5 Å². The van der Waals surface area contributed by atoms with Crippen molar-refractivity contribution in [3.63, 3.8) is 0 Å². The summed E-state index contributed by atoms with van der Waals surface area (Å²) >= 11 is 1.60. The minimum Gasteiger partial charge on any atom is -0.481 e. The second kappa shape index (κ2) is 5.31. The number of rotatable bonds is 4. The van der Waals surface area contributed by atoms with Crippen LogP contribution in [0.1, 0.15) is 24.1 Å².